The van der Waals surface area contributed by atoms with E-state index in [2.05, 4.69) is 4.98 Å². The lowest BCUT2D eigenvalue weighted by Gasteiger charge is -2.41. The molecule has 21 heavy (non-hydrogen) atoms. The van der Waals surface area contributed by atoms with Crippen LogP contribution in [-0.4, -0.2) is 64.8 Å². The number of ether oxygens (including phenoxy) is 2. The summed E-state index contributed by atoms with van der Waals surface area (Å²) in [5, 5.41) is 10.9. The molecule has 112 valence electrons. The monoisotopic (exact) mass is 289 g/mol. The number of rotatable bonds is 2. The molecule has 1 aromatic heterocycles. The van der Waals surface area contributed by atoms with Crippen molar-refractivity contribution in [2.75, 3.05) is 20.7 Å². The highest BCUT2D eigenvalue weighted by Crippen LogP contribution is 2.38. The van der Waals surface area contributed by atoms with Crippen LogP contribution < -0.4 is 0 Å². The van der Waals surface area contributed by atoms with Gasteiger partial charge < -0.3 is 24.0 Å². The predicted molar refractivity (Wildman–Crippen MR) is 76.9 cm³/mol. The van der Waals surface area contributed by atoms with Crippen LogP contribution in [0.4, 0.5) is 0 Å². The summed E-state index contributed by atoms with van der Waals surface area (Å²) in [7, 11) is 3.91. The normalized spacial score (nSPS) is 35.7. The summed E-state index contributed by atoms with van der Waals surface area (Å²) in [6, 6.07) is 7.51. The van der Waals surface area contributed by atoms with Crippen LogP contribution in [0.2, 0.25) is 0 Å². The Hall–Kier alpha value is -1.47. The van der Waals surface area contributed by atoms with Gasteiger partial charge in [0, 0.05) is 0 Å². The standard InChI is InChI=1S/C15H19N3O3/c1-17(2)12-11-7-20-15(21-11)13(14(12)19)18-8-16-9-5-3-4-6-10(9)18/h3-6,8,11-15,19H,7H2,1-2H3/t11-,12-,13-,14+,15-/m1/s1. The zero-order valence-electron chi connectivity index (χ0n) is 12.1. The third-order valence-corrected chi connectivity index (χ3v) is 4.49. The van der Waals surface area contributed by atoms with E-state index in [4.69, 9.17) is 9.47 Å². The zero-order valence-corrected chi connectivity index (χ0v) is 12.1. The van der Waals surface area contributed by atoms with Crippen molar-refractivity contribution in [3.8, 4) is 0 Å². The summed E-state index contributed by atoms with van der Waals surface area (Å²) in [6.07, 6.45) is 0.699. The minimum atomic E-state index is -0.566. The van der Waals surface area contributed by atoms with Crippen molar-refractivity contribution in [1.29, 1.82) is 0 Å². The fourth-order valence-corrected chi connectivity index (χ4v) is 3.53. The molecule has 5 atom stereocenters. The highest BCUT2D eigenvalue weighted by atomic mass is 16.7. The number of hydrogen-bond donors (Lipinski definition) is 1. The van der Waals surface area contributed by atoms with Gasteiger partial charge in [0.05, 0.1) is 36.1 Å². The van der Waals surface area contributed by atoms with Gasteiger partial charge in [-0.1, -0.05) is 12.1 Å². The number of para-hydroxylation sites is 2. The molecule has 0 radical (unpaired) electrons. The molecule has 0 saturated carbocycles. The van der Waals surface area contributed by atoms with Crippen LogP contribution in [-0.2, 0) is 9.47 Å². The first kappa shape index (κ1) is 13.2. The summed E-state index contributed by atoms with van der Waals surface area (Å²) in [5.41, 5.74) is 1.89. The fraction of sp³-hybridized carbons (Fsp3) is 0.533. The highest BCUT2D eigenvalue weighted by Gasteiger charge is 2.51. The first-order chi connectivity index (χ1) is 10.2. The van der Waals surface area contributed by atoms with Crippen LogP contribution in [0.25, 0.3) is 11.0 Å². The molecule has 2 aliphatic heterocycles. The number of aromatic nitrogens is 2. The zero-order chi connectivity index (χ0) is 14.6. The second-order valence-electron chi connectivity index (χ2n) is 5.95. The Morgan fingerprint density at radius 3 is 2.95 bits per heavy atom. The van der Waals surface area contributed by atoms with Crippen molar-refractivity contribution >= 4 is 11.0 Å². The van der Waals surface area contributed by atoms with Gasteiger partial charge in [0.25, 0.3) is 0 Å². The first-order valence-electron chi connectivity index (χ1n) is 7.20. The molecule has 2 fully saturated rings. The molecular weight excluding hydrogens is 270 g/mol. The third-order valence-electron chi connectivity index (χ3n) is 4.49. The molecule has 2 saturated heterocycles. The number of likely N-dealkylation sites (N-methyl/N-ethyl adjacent to an activating group) is 1. The topological polar surface area (TPSA) is 59.8 Å². The molecule has 4 rings (SSSR count). The number of aliphatic hydroxyl groups excluding tert-OH is 1. The van der Waals surface area contributed by atoms with Gasteiger partial charge in [-0.25, -0.2) is 4.98 Å². The number of fused-ring (bicyclic) bond motifs is 3. The van der Waals surface area contributed by atoms with Crippen molar-refractivity contribution < 1.29 is 14.6 Å². The molecule has 2 aromatic rings. The Balaban J connectivity index is 1.79. The quantitative estimate of drug-likeness (QED) is 0.878. The molecule has 2 bridgehead atoms. The van der Waals surface area contributed by atoms with Crippen molar-refractivity contribution in [3.63, 3.8) is 0 Å². The Morgan fingerprint density at radius 2 is 2.14 bits per heavy atom. The molecule has 6 heteroatoms. The van der Waals surface area contributed by atoms with Crippen molar-refractivity contribution in [3.05, 3.63) is 30.6 Å². The maximum absolute atomic E-state index is 10.9. The van der Waals surface area contributed by atoms with Gasteiger partial charge in [0.2, 0.25) is 0 Å². The fourth-order valence-electron chi connectivity index (χ4n) is 3.53. The summed E-state index contributed by atoms with van der Waals surface area (Å²) in [5.74, 6) is 0. The highest BCUT2D eigenvalue weighted by molar-refractivity contribution is 5.75. The van der Waals surface area contributed by atoms with Crippen molar-refractivity contribution in [2.45, 2.75) is 30.6 Å². The van der Waals surface area contributed by atoms with Gasteiger partial charge in [-0.15, -0.1) is 0 Å². The average molecular weight is 289 g/mol. The minimum absolute atomic E-state index is 0.0777. The van der Waals surface area contributed by atoms with Crippen LogP contribution in [0.5, 0.6) is 0 Å². The number of benzene rings is 1. The van der Waals surface area contributed by atoms with Crippen LogP contribution in [0.3, 0.4) is 0 Å². The molecule has 6 nitrogen and oxygen atoms in total. The first-order valence-corrected chi connectivity index (χ1v) is 7.20. The van der Waals surface area contributed by atoms with Crippen LogP contribution in [0.1, 0.15) is 6.04 Å². The largest absolute Gasteiger partial charge is 0.389 e. The molecule has 0 unspecified atom stereocenters. The summed E-state index contributed by atoms with van der Waals surface area (Å²) >= 11 is 0. The van der Waals surface area contributed by atoms with Gasteiger partial charge in [-0.3, -0.25) is 0 Å². The van der Waals surface area contributed by atoms with E-state index in [0.717, 1.165) is 11.0 Å². The van der Waals surface area contributed by atoms with E-state index in [1.165, 1.54) is 0 Å². The van der Waals surface area contributed by atoms with Crippen LogP contribution in [0, 0.1) is 0 Å². The molecule has 1 N–H and O–H groups in total. The van der Waals surface area contributed by atoms with E-state index in [9.17, 15) is 5.11 Å². The summed E-state index contributed by atoms with van der Waals surface area (Å²) in [4.78, 5) is 6.41. The number of hydrogen-bond acceptors (Lipinski definition) is 5. The average Bonchev–Trinajstić information content (AvgIpc) is 3.05. The Labute approximate surface area is 122 Å². The molecular formula is C15H19N3O3. The third kappa shape index (κ3) is 1.91. The molecule has 1 aromatic carbocycles. The molecule has 2 aliphatic rings. The number of imidazole rings is 1. The lowest BCUT2D eigenvalue weighted by Crippen LogP contribution is -2.56. The van der Waals surface area contributed by atoms with Crippen LogP contribution >= 0.6 is 0 Å². The smallest absolute Gasteiger partial charge is 0.181 e. The van der Waals surface area contributed by atoms with Gasteiger partial charge in [-0.2, -0.15) is 0 Å². The molecule has 0 amide bonds. The maximum atomic E-state index is 10.9. The Morgan fingerprint density at radius 1 is 1.33 bits per heavy atom. The van der Waals surface area contributed by atoms with E-state index in [0.29, 0.717) is 6.61 Å². The SMILES string of the molecule is CN(C)[C@H]1[C@H](O)[C@@H](n2cnc3ccccc32)[C@@H]2OC[C@H]1O2. The molecule has 0 aliphatic carbocycles. The van der Waals surface area contributed by atoms with Gasteiger partial charge >= 0.3 is 0 Å². The summed E-state index contributed by atoms with van der Waals surface area (Å²) in [6.45, 7) is 0.522. The second-order valence-corrected chi connectivity index (χ2v) is 5.95. The van der Waals surface area contributed by atoms with Gasteiger partial charge in [0.1, 0.15) is 12.1 Å². The molecule has 0 spiro atoms. The van der Waals surface area contributed by atoms with Gasteiger partial charge in [-0.05, 0) is 26.2 Å². The van der Waals surface area contributed by atoms with E-state index >= 15 is 0 Å². The maximum Gasteiger partial charge on any atom is 0.181 e. The number of aliphatic hydroxyl groups is 1. The van der Waals surface area contributed by atoms with E-state index in [-0.39, 0.29) is 18.2 Å². The lowest BCUT2D eigenvalue weighted by atomic mass is 9.95. The minimum Gasteiger partial charge on any atom is -0.389 e. The van der Waals surface area contributed by atoms with E-state index < -0.39 is 12.4 Å². The predicted octanol–water partition coefficient (Wildman–Crippen LogP) is 0.624. The van der Waals surface area contributed by atoms with E-state index in [1.54, 1.807) is 6.33 Å². The van der Waals surface area contributed by atoms with Crippen molar-refractivity contribution in [1.82, 2.24) is 14.5 Å². The van der Waals surface area contributed by atoms with Crippen LogP contribution in [0.15, 0.2) is 30.6 Å². The van der Waals surface area contributed by atoms with E-state index in [1.807, 2.05) is 47.8 Å². The Kier molecular flexibility index (Phi) is 3.00. The molecule has 3 heterocycles. The number of nitrogens with zero attached hydrogens (tertiary/aromatic N) is 3. The lowest BCUT2D eigenvalue weighted by molar-refractivity contribution is -0.177. The van der Waals surface area contributed by atoms with Gasteiger partial charge in [0.15, 0.2) is 6.29 Å². The Bertz CT molecular complexity index is 656. The second kappa shape index (κ2) is 4.78. The summed E-state index contributed by atoms with van der Waals surface area (Å²) < 4.78 is 13.7. The van der Waals surface area contributed by atoms with Crippen molar-refractivity contribution in [2.24, 2.45) is 0 Å².